The molecule has 21 heavy (non-hydrogen) atoms. The zero-order chi connectivity index (χ0) is 15.2. The second kappa shape index (κ2) is 6.89. The van der Waals surface area contributed by atoms with Crippen molar-refractivity contribution in [3.8, 4) is 0 Å². The highest BCUT2D eigenvalue weighted by atomic mass is 19.1. The van der Waals surface area contributed by atoms with Gasteiger partial charge in [0.2, 0.25) is 5.82 Å². The summed E-state index contributed by atoms with van der Waals surface area (Å²) in [4.78, 5) is 9.96. The molecule has 0 amide bonds. The van der Waals surface area contributed by atoms with Crippen LogP contribution in [-0.4, -0.2) is 26.5 Å². The number of nitrogens with one attached hydrogen (secondary N) is 1. The SMILES string of the molecule is CCCNCc1cn(Cc2cccc([N+](=O)[O-])c2F)nn1. The Hall–Kier alpha value is -2.35. The van der Waals surface area contributed by atoms with E-state index in [1.807, 2.05) is 0 Å². The molecule has 0 saturated carbocycles. The lowest BCUT2D eigenvalue weighted by Crippen LogP contribution is -2.13. The van der Waals surface area contributed by atoms with E-state index in [9.17, 15) is 14.5 Å². The Morgan fingerprint density at radius 1 is 1.48 bits per heavy atom. The van der Waals surface area contributed by atoms with Crippen LogP contribution in [0.25, 0.3) is 0 Å². The van der Waals surface area contributed by atoms with E-state index in [4.69, 9.17) is 0 Å². The first-order valence-corrected chi connectivity index (χ1v) is 6.63. The summed E-state index contributed by atoms with van der Waals surface area (Å²) in [6.45, 7) is 3.64. The smallest absolute Gasteiger partial charge is 0.305 e. The van der Waals surface area contributed by atoms with Gasteiger partial charge < -0.3 is 5.32 Å². The average molecular weight is 293 g/mol. The molecule has 0 aliphatic rings. The molecule has 0 atom stereocenters. The van der Waals surface area contributed by atoms with Crippen LogP contribution in [0.5, 0.6) is 0 Å². The summed E-state index contributed by atoms with van der Waals surface area (Å²) in [5.74, 6) is -0.830. The van der Waals surface area contributed by atoms with Crippen LogP contribution in [0.4, 0.5) is 10.1 Å². The molecule has 1 heterocycles. The van der Waals surface area contributed by atoms with Crippen LogP contribution in [0.2, 0.25) is 0 Å². The van der Waals surface area contributed by atoms with Gasteiger partial charge in [0.1, 0.15) is 0 Å². The molecule has 1 aromatic carbocycles. The van der Waals surface area contributed by atoms with Crippen LogP contribution in [-0.2, 0) is 13.1 Å². The summed E-state index contributed by atoms with van der Waals surface area (Å²) in [6.07, 6.45) is 2.72. The Morgan fingerprint density at radius 3 is 3.00 bits per heavy atom. The minimum absolute atomic E-state index is 0.105. The first-order chi connectivity index (χ1) is 10.1. The third-order valence-corrected chi connectivity index (χ3v) is 2.91. The van der Waals surface area contributed by atoms with Gasteiger partial charge >= 0.3 is 5.69 Å². The van der Waals surface area contributed by atoms with Crippen LogP contribution in [0, 0.1) is 15.9 Å². The topological polar surface area (TPSA) is 85.9 Å². The third kappa shape index (κ3) is 3.82. The summed E-state index contributed by atoms with van der Waals surface area (Å²) in [6, 6.07) is 4.09. The maximum atomic E-state index is 13.9. The standard InChI is InChI=1S/C13H16FN5O2/c1-2-6-15-7-11-9-18(17-16-11)8-10-4-3-5-12(13(10)14)19(20)21/h3-5,9,15H,2,6-8H2,1H3. The second-order valence-corrected chi connectivity index (χ2v) is 4.59. The molecule has 0 aliphatic carbocycles. The summed E-state index contributed by atoms with van der Waals surface area (Å²) in [7, 11) is 0. The molecule has 2 aromatic rings. The number of nitro groups is 1. The van der Waals surface area contributed by atoms with E-state index in [0.717, 1.165) is 24.7 Å². The first-order valence-electron chi connectivity index (χ1n) is 6.63. The lowest BCUT2D eigenvalue weighted by Gasteiger charge is -2.03. The lowest BCUT2D eigenvalue weighted by atomic mass is 10.2. The van der Waals surface area contributed by atoms with Gasteiger partial charge in [-0.05, 0) is 13.0 Å². The quantitative estimate of drug-likeness (QED) is 0.478. The van der Waals surface area contributed by atoms with E-state index >= 15 is 0 Å². The molecule has 0 saturated heterocycles. The van der Waals surface area contributed by atoms with Crippen molar-refractivity contribution in [3.05, 3.63) is 51.6 Å². The van der Waals surface area contributed by atoms with Crippen LogP contribution in [0.15, 0.2) is 24.4 Å². The fraction of sp³-hybridized carbons (Fsp3) is 0.385. The van der Waals surface area contributed by atoms with Gasteiger partial charge in [-0.3, -0.25) is 10.1 Å². The third-order valence-electron chi connectivity index (χ3n) is 2.91. The van der Waals surface area contributed by atoms with Crippen molar-refractivity contribution in [2.45, 2.75) is 26.4 Å². The minimum Gasteiger partial charge on any atom is -0.311 e. The molecule has 0 unspecified atom stereocenters. The second-order valence-electron chi connectivity index (χ2n) is 4.59. The average Bonchev–Trinajstić information content (AvgIpc) is 2.89. The molecule has 0 spiro atoms. The van der Waals surface area contributed by atoms with Crippen molar-refractivity contribution in [2.24, 2.45) is 0 Å². The fourth-order valence-electron chi connectivity index (χ4n) is 1.89. The number of hydrogen-bond donors (Lipinski definition) is 1. The maximum Gasteiger partial charge on any atom is 0.305 e. The number of aromatic nitrogens is 3. The Bertz CT molecular complexity index is 629. The summed E-state index contributed by atoms with van der Waals surface area (Å²) < 4.78 is 15.4. The van der Waals surface area contributed by atoms with Gasteiger partial charge in [0.05, 0.1) is 23.4 Å². The molecule has 0 radical (unpaired) electrons. The first kappa shape index (κ1) is 15.0. The summed E-state index contributed by atoms with van der Waals surface area (Å²) in [5, 5.41) is 21.7. The number of hydrogen-bond acceptors (Lipinski definition) is 5. The van der Waals surface area contributed by atoms with Gasteiger partial charge in [0.15, 0.2) is 0 Å². The molecule has 112 valence electrons. The molecule has 0 aliphatic heterocycles. The van der Waals surface area contributed by atoms with Gasteiger partial charge in [0.25, 0.3) is 0 Å². The number of nitrogens with zero attached hydrogens (tertiary/aromatic N) is 4. The van der Waals surface area contributed by atoms with Crippen LogP contribution >= 0.6 is 0 Å². The van der Waals surface area contributed by atoms with Crippen molar-refractivity contribution in [1.29, 1.82) is 0 Å². The van der Waals surface area contributed by atoms with E-state index in [-0.39, 0.29) is 12.1 Å². The largest absolute Gasteiger partial charge is 0.311 e. The van der Waals surface area contributed by atoms with E-state index in [0.29, 0.717) is 6.54 Å². The van der Waals surface area contributed by atoms with Crippen LogP contribution < -0.4 is 5.32 Å². The predicted molar refractivity (Wildman–Crippen MR) is 74.2 cm³/mol. The van der Waals surface area contributed by atoms with Crippen molar-refractivity contribution in [3.63, 3.8) is 0 Å². The van der Waals surface area contributed by atoms with E-state index in [1.165, 1.54) is 16.8 Å². The Labute approximate surface area is 120 Å². The molecule has 2 rings (SSSR count). The molecule has 0 bridgehead atoms. The van der Waals surface area contributed by atoms with Gasteiger partial charge in [-0.15, -0.1) is 5.10 Å². The highest BCUT2D eigenvalue weighted by molar-refractivity contribution is 5.36. The molecular formula is C13H16FN5O2. The van der Waals surface area contributed by atoms with Gasteiger partial charge in [0, 0.05) is 18.2 Å². The van der Waals surface area contributed by atoms with E-state index in [2.05, 4.69) is 22.6 Å². The molecule has 7 nitrogen and oxygen atoms in total. The van der Waals surface area contributed by atoms with Crippen molar-refractivity contribution >= 4 is 5.69 Å². The Morgan fingerprint density at radius 2 is 2.29 bits per heavy atom. The number of nitro benzene ring substituents is 1. The van der Waals surface area contributed by atoms with E-state index in [1.54, 1.807) is 6.20 Å². The van der Waals surface area contributed by atoms with Gasteiger partial charge in [-0.25, -0.2) is 4.68 Å². The lowest BCUT2D eigenvalue weighted by molar-refractivity contribution is -0.387. The summed E-state index contributed by atoms with van der Waals surface area (Å²) in [5.41, 5.74) is 0.425. The van der Waals surface area contributed by atoms with Crippen molar-refractivity contribution in [1.82, 2.24) is 20.3 Å². The number of halogens is 1. The monoisotopic (exact) mass is 293 g/mol. The van der Waals surface area contributed by atoms with Gasteiger partial charge in [-0.2, -0.15) is 4.39 Å². The van der Waals surface area contributed by atoms with Crippen molar-refractivity contribution < 1.29 is 9.31 Å². The van der Waals surface area contributed by atoms with Crippen LogP contribution in [0.1, 0.15) is 24.6 Å². The van der Waals surface area contributed by atoms with Gasteiger partial charge in [-0.1, -0.05) is 24.3 Å². The Kier molecular flexibility index (Phi) is 4.94. The Balaban J connectivity index is 2.08. The number of rotatable bonds is 7. The maximum absolute atomic E-state index is 13.9. The zero-order valence-electron chi connectivity index (χ0n) is 11.6. The zero-order valence-corrected chi connectivity index (χ0v) is 11.6. The minimum atomic E-state index is -0.830. The highest BCUT2D eigenvalue weighted by Crippen LogP contribution is 2.20. The van der Waals surface area contributed by atoms with E-state index < -0.39 is 16.4 Å². The van der Waals surface area contributed by atoms with Crippen molar-refractivity contribution in [2.75, 3.05) is 6.54 Å². The molecule has 0 fully saturated rings. The molecule has 8 heteroatoms. The molecule has 1 N–H and O–H groups in total. The molecular weight excluding hydrogens is 277 g/mol. The normalized spacial score (nSPS) is 10.8. The summed E-state index contributed by atoms with van der Waals surface area (Å²) >= 11 is 0. The van der Waals surface area contributed by atoms with Crippen LogP contribution in [0.3, 0.4) is 0 Å². The predicted octanol–water partition coefficient (Wildman–Crippen LogP) is 1.87. The number of benzene rings is 1. The fourth-order valence-corrected chi connectivity index (χ4v) is 1.89. The highest BCUT2D eigenvalue weighted by Gasteiger charge is 2.17. The molecule has 1 aromatic heterocycles.